The Morgan fingerprint density at radius 2 is 1.82 bits per heavy atom. The van der Waals surface area contributed by atoms with Crippen molar-refractivity contribution in [2.75, 3.05) is 13.2 Å². The molecule has 22 heavy (non-hydrogen) atoms. The van der Waals surface area contributed by atoms with Crippen LogP contribution in [0.4, 0.5) is 0 Å². The summed E-state index contributed by atoms with van der Waals surface area (Å²) in [6.45, 7) is -0.623. The molecule has 2 unspecified atom stereocenters. The van der Waals surface area contributed by atoms with Gasteiger partial charge < -0.3 is 25.2 Å². The van der Waals surface area contributed by atoms with E-state index in [1.54, 1.807) is 12.1 Å². The molecule has 1 aromatic carbocycles. The Bertz CT molecular complexity index is 453. The normalized spacial score (nSPS) is 14.2. The van der Waals surface area contributed by atoms with Gasteiger partial charge in [-0.3, -0.25) is 0 Å². The number of rotatable bonds is 7. The van der Waals surface area contributed by atoms with Gasteiger partial charge in [-0.15, -0.1) is 0 Å². The van der Waals surface area contributed by atoms with Crippen LogP contribution < -0.4 is 0 Å². The van der Waals surface area contributed by atoms with E-state index in [1.165, 1.54) is 0 Å². The summed E-state index contributed by atoms with van der Waals surface area (Å²) in [6.07, 6.45) is 0.111. The summed E-state index contributed by atoms with van der Waals surface area (Å²) in [5, 5.41) is 32.5. The van der Waals surface area contributed by atoms with Crippen LogP contribution in [0.25, 0.3) is 0 Å². The smallest absolute Gasteiger partial charge is 0.329 e. The maximum absolute atomic E-state index is 9.73. The van der Waals surface area contributed by atoms with Gasteiger partial charge in [-0.1, -0.05) is 53.5 Å². The maximum Gasteiger partial charge on any atom is 0.329 e. The monoisotopic (exact) mass is 370 g/mol. The molecule has 9 heteroatoms. The predicted molar refractivity (Wildman–Crippen MR) is 86.5 cm³/mol. The Balaban J connectivity index is 0.000000433. The van der Waals surface area contributed by atoms with Crippen LogP contribution in [0.2, 0.25) is 0 Å². The third-order valence-electron chi connectivity index (χ3n) is 2.11. The van der Waals surface area contributed by atoms with E-state index in [-0.39, 0.29) is 18.1 Å². The predicted octanol–water partition coefficient (Wildman–Crippen LogP) is 1.69. The fourth-order valence-electron chi connectivity index (χ4n) is 1.19. The lowest BCUT2D eigenvalue weighted by atomic mass is 10.1. The van der Waals surface area contributed by atoms with Crippen LogP contribution in [-0.4, -0.2) is 55.3 Å². The fourth-order valence-corrected chi connectivity index (χ4v) is 1.51. The second-order valence-corrected chi connectivity index (χ2v) is 5.64. The second kappa shape index (κ2) is 10.7. The molecule has 0 saturated heterocycles. The van der Waals surface area contributed by atoms with Gasteiger partial charge in [0, 0.05) is 6.42 Å². The average molecular weight is 371 g/mol. The van der Waals surface area contributed by atoms with Crippen molar-refractivity contribution >= 4 is 46.4 Å². The highest BCUT2D eigenvalue weighted by molar-refractivity contribution is 7.80. The van der Waals surface area contributed by atoms with Crippen LogP contribution in [0.5, 0.6) is 0 Å². The zero-order chi connectivity index (χ0) is 17.2. The van der Waals surface area contributed by atoms with Crippen LogP contribution in [0, 0.1) is 0 Å². The summed E-state index contributed by atoms with van der Waals surface area (Å²) in [6, 6.07) is 9.10. The first-order valence-corrected chi connectivity index (χ1v) is 7.16. The number of thiocarbonyl (C=S) groups is 1. The van der Waals surface area contributed by atoms with E-state index in [0.29, 0.717) is 0 Å². The molecule has 0 amide bonds. The van der Waals surface area contributed by atoms with Crippen molar-refractivity contribution in [3.63, 3.8) is 0 Å². The Morgan fingerprint density at radius 1 is 1.27 bits per heavy atom. The van der Waals surface area contributed by atoms with Crippen LogP contribution in [-0.2, 0) is 16.0 Å². The number of aliphatic carboxylic acids is 1. The minimum atomic E-state index is -1.80. The largest absolute Gasteiger partial charge is 0.500 e. The summed E-state index contributed by atoms with van der Waals surface area (Å²) < 4.78 is 4.37. The SMILES string of the molecule is O=C(O)COCC(O)=S.OC(Cl)C(O)(Cl)Cc1ccccc1. The van der Waals surface area contributed by atoms with E-state index in [1.807, 2.05) is 18.2 Å². The molecule has 0 radical (unpaired) electrons. The molecule has 0 aliphatic heterocycles. The summed E-state index contributed by atoms with van der Waals surface area (Å²) in [7, 11) is 0. The molecule has 1 aromatic rings. The molecule has 0 spiro atoms. The zero-order valence-corrected chi connectivity index (χ0v) is 13.7. The van der Waals surface area contributed by atoms with Crippen molar-refractivity contribution in [2.24, 2.45) is 0 Å². The maximum atomic E-state index is 9.73. The van der Waals surface area contributed by atoms with Crippen molar-refractivity contribution in [2.45, 2.75) is 17.0 Å². The van der Waals surface area contributed by atoms with E-state index in [2.05, 4.69) is 17.0 Å². The minimum Gasteiger partial charge on any atom is -0.500 e. The van der Waals surface area contributed by atoms with Crippen LogP contribution in [0.15, 0.2) is 30.3 Å². The first kappa shape index (κ1) is 21.0. The molecule has 0 aliphatic carbocycles. The third-order valence-corrected chi connectivity index (χ3v) is 3.04. The lowest BCUT2D eigenvalue weighted by Crippen LogP contribution is -2.34. The van der Waals surface area contributed by atoms with Crippen LogP contribution in [0.1, 0.15) is 5.56 Å². The first-order chi connectivity index (χ1) is 10.1. The molecular formula is C13H16Cl2O6S. The molecule has 0 bridgehead atoms. The average Bonchev–Trinajstić information content (AvgIpc) is 2.39. The molecule has 0 aromatic heterocycles. The molecule has 4 N–H and O–H groups in total. The van der Waals surface area contributed by atoms with Crippen molar-refractivity contribution in [3.05, 3.63) is 35.9 Å². The number of hydrogen-bond donors (Lipinski definition) is 4. The highest BCUT2D eigenvalue weighted by Gasteiger charge is 2.31. The number of alkyl halides is 2. The number of benzene rings is 1. The van der Waals surface area contributed by atoms with E-state index >= 15 is 0 Å². The standard InChI is InChI=1S/C9H10Cl2O2.C4H6O4S/c10-8(12)9(11,13)6-7-4-2-1-3-5-7;5-3(6)1-8-2-4(7)9/h1-5,8,12-13H,6H2;1-2H2,(H,5,6)(H,7,9). The minimum absolute atomic E-state index is 0.111. The fraction of sp³-hybridized carbons (Fsp3) is 0.385. The molecule has 1 rings (SSSR count). The lowest BCUT2D eigenvalue weighted by molar-refractivity contribution is -0.141. The van der Waals surface area contributed by atoms with Gasteiger partial charge >= 0.3 is 5.97 Å². The number of carboxylic acids is 1. The molecule has 0 fully saturated rings. The highest BCUT2D eigenvalue weighted by Crippen LogP contribution is 2.24. The number of halogens is 2. The van der Waals surface area contributed by atoms with Crippen molar-refractivity contribution in [3.8, 4) is 0 Å². The van der Waals surface area contributed by atoms with Gasteiger partial charge in [-0.05, 0) is 17.8 Å². The van der Waals surface area contributed by atoms with E-state index in [4.69, 9.17) is 38.5 Å². The van der Waals surface area contributed by atoms with E-state index < -0.39 is 23.2 Å². The third kappa shape index (κ3) is 10.7. The molecule has 0 aliphatic rings. The number of hydrogen-bond acceptors (Lipinski definition) is 5. The molecule has 6 nitrogen and oxygen atoms in total. The number of ether oxygens (including phenoxy) is 1. The Labute approximate surface area is 142 Å². The number of carboxylic acid groups (broad SMARTS) is 1. The Kier molecular flexibility index (Phi) is 10.2. The summed E-state index contributed by atoms with van der Waals surface area (Å²) in [4.78, 5) is 9.73. The van der Waals surface area contributed by atoms with Crippen LogP contribution in [0.3, 0.4) is 0 Å². The summed E-state index contributed by atoms with van der Waals surface area (Å²) >= 11 is 15.1. The van der Waals surface area contributed by atoms with E-state index in [0.717, 1.165) is 5.56 Å². The van der Waals surface area contributed by atoms with Gasteiger partial charge in [0.1, 0.15) is 13.2 Å². The number of aliphatic hydroxyl groups is 3. The highest BCUT2D eigenvalue weighted by atomic mass is 35.5. The second-order valence-electron chi connectivity index (χ2n) is 4.10. The van der Waals surface area contributed by atoms with Gasteiger partial charge in [0.15, 0.2) is 15.7 Å². The van der Waals surface area contributed by atoms with Gasteiger partial charge in [0.25, 0.3) is 0 Å². The zero-order valence-electron chi connectivity index (χ0n) is 11.4. The van der Waals surface area contributed by atoms with Gasteiger partial charge in [0.2, 0.25) is 0 Å². The van der Waals surface area contributed by atoms with Crippen molar-refractivity contribution in [1.82, 2.24) is 0 Å². The van der Waals surface area contributed by atoms with Crippen molar-refractivity contribution in [1.29, 1.82) is 0 Å². The molecular weight excluding hydrogens is 355 g/mol. The molecule has 124 valence electrons. The first-order valence-electron chi connectivity index (χ1n) is 5.94. The number of aliphatic hydroxyl groups excluding tert-OH is 2. The van der Waals surface area contributed by atoms with Gasteiger partial charge in [-0.2, -0.15) is 0 Å². The van der Waals surface area contributed by atoms with Gasteiger partial charge in [-0.25, -0.2) is 4.79 Å². The molecule has 0 saturated carbocycles. The van der Waals surface area contributed by atoms with Crippen LogP contribution >= 0.6 is 35.4 Å². The topological polar surface area (TPSA) is 107 Å². The lowest BCUT2D eigenvalue weighted by Gasteiger charge is -2.21. The summed E-state index contributed by atoms with van der Waals surface area (Å²) in [5.74, 6) is -1.08. The Morgan fingerprint density at radius 3 is 2.23 bits per heavy atom. The van der Waals surface area contributed by atoms with Crippen molar-refractivity contribution < 1.29 is 30.0 Å². The van der Waals surface area contributed by atoms with E-state index in [9.17, 15) is 9.90 Å². The van der Waals surface area contributed by atoms with Gasteiger partial charge in [0.05, 0.1) is 0 Å². The molecule has 0 heterocycles. The number of carbonyl (C=O) groups is 1. The quantitative estimate of drug-likeness (QED) is 0.427. The summed E-state index contributed by atoms with van der Waals surface area (Å²) in [5.41, 5.74) is -0.658. The molecule has 2 atom stereocenters. The Hall–Kier alpha value is -0.960.